The highest BCUT2D eigenvalue weighted by Crippen LogP contribution is 2.33. The second-order valence-corrected chi connectivity index (χ2v) is 5.85. The normalized spacial score (nSPS) is 17.9. The summed E-state index contributed by atoms with van der Waals surface area (Å²) in [6.45, 7) is 8.10. The molecule has 0 amide bonds. The number of benzene rings is 1. The lowest BCUT2D eigenvalue weighted by Crippen LogP contribution is -2.51. The summed E-state index contributed by atoms with van der Waals surface area (Å²) in [7, 11) is 2.06. The quantitative estimate of drug-likeness (QED) is 0.784. The molecular weight excluding hydrogens is 217 g/mol. The maximum absolute atomic E-state index is 13.3. The van der Waals surface area contributed by atoms with E-state index in [1.807, 2.05) is 0 Å². The molecule has 0 unspecified atom stereocenters. The lowest BCUT2D eigenvalue weighted by atomic mass is 9.86. The fraction of sp³-hybridized carbons (Fsp3) is 0.571. The van der Waals surface area contributed by atoms with Gasteiger partial charge in [-0.25, -0.2) is 4.39 Å². The molecule has 17 heavy (non-hydrogen) atoms. The Kier molecular flexibility index (Phi) is 3.13. The monoisotopic (exact) mass is 237 g/mol. The first-order valence-electron chi connectivity index (χ1n) is 6.01. The number of nitrogens with zero attached hydrogens (tertiary/aromatic N) is 1. The number of hydrogen-bond acceptors (Lipinski definition) is 2. The SMILES string of the molecule is CN1CC(Oc2ccc(F)cc2C(C)(C)C)C1. The zero-order valence-corrected chi connectivity index (χ0v) is 11.0. The third-order valence-corrected chi connectivity index (χ3v) is 3.07. The van der Waals surface area contributed by atoms with E-state index in [0.29, 0.717) is 0 Å². The van der Waals surface area contributed by atoms with Crippen LogP contribution in [0, 0.1) is 5.82 Å². The molecule has 1 aromatic rings. The predicted octanol–water partition coefficient (Wildman–Crippen LogP) is 2.82. The molecule has 1 fully saturated rings. The number of likely N-dealkylation sites (N-methyl/N-ethyl adjacent to an activating group) is 1. The fourth-order valence-electron chi connectivity index (χ4n) is 2.09. The third-order valence-electron chi connectivity index (χ3n) is 3.07. The Hall–Kier alpha value is -1.09. The number of halogens is 1. The molecule has 0 N–H and O–H groups in total. The molecule has 1 heterocycles. The molecule has 0 aromatic heterocycles. The van der Waals surface area contributed by atoms with E-state index < -0.39 is 0 Å². The molecule has 1 saturated heterocycles. The van der Waals surface area contributed by atoms with Crippen molar-refractivity contribution in [1.82, 2.24) is 4.90 Å². The van der Waals surface area contributed by atoms with Gasteiger partial charge >= 0.3 is 0 Å². The molecule has 2 rings (SSSR count). The van der Waals surface area contributed by atoms with E-state index in [-0.39, 0.29) is 17.3 Å². The van der Waals surface area contributed by atoms with Crippen LogP contribution < -0.4 is 4.74 Å². The Balaban J connectivity index is 2.21. The van der Waals surface area contributed by atoms with Gasteiger partial charge in [0.25, 0.3) is 0 Å². The summed E-state index contributed by atoms with van der Waals surface area (Å²) in [5, 5.41) is 0. The molecule has 2 nitrogen and oxygen atoms in total. The fourth-order valence-corrected chi connectivity index (χ4v) is 2.09. The van der Waals surface area contributed by atoms with E-state index >= 15 is 0 Å². The number of likely N-dealkylation sites (tertiary alicyclic amines) is 1. The van der Waals surface area contributed by atoms with E-state index in [0.717, 1.165) is 24.4 Å². The molecule has 0 aliphatic carbocycles. The van der Waals surface area contributed by atoms with Crippen LogP contribution in [0.2, 0.25) is 0 Å². The maximum atomic E-state index is 13.3. The van der Waals surface area contributed by atoms with Crippen molar-refractivity contribution < 1.29 is 9.13 Å². The van der Waals surface area contributed by atoms with Crippen LogP contribution in [-0.4, -0.2) is 31.1 Å². The topological polar surface area (TPSA) is 12.5 Å². The van der Waals surface area contributed by atoms with Crippen LogP contribution in [0.25, 0.3) is 0 Å². The Morgan fingerprint density at radius 1 is 1.29 bits per heavy atom. The van der Waals surface area contributed by atoms with E-state index in [1.54, 1.807) is 12.1 Å². The third kappa shape index (κ3) is 2.78. The van der Waals surface area contributed by atoms with Crippen molar-refractivity contribution in [2.45, 2.75) is 32.3 Å². The average molecular weight is 237 g/mol. The predicted molar refractivity (Wildman–Crippen MR) is 67.0 cm³/mol. The van der Waals surface area contributed by atoms with E-state index in [2.05, 4.69) is 32.7 Å². The van der Waals surface area contributed by atoms with Gasteiger partial charge in [0.05, 0.1) is 0 Å². The molecule has 1 aliphatic rings. The first-order valence-corrected chi connectivity index (χ1v) is 6.01. The van der Waals surface area contributed by atoms with Crippen LogP contribution in [-0.2, 0) is 5.41 Å². The molecule has 0 saturated carbocycles. The maximum Gasteiger partial charge on any atom is 0.124 e. The van der Waals surface area contributed by atoms with Crippen molar-refractivity contribution in [3.8, 4) is 5.75 Å². The number of ether oxygens (including phenoxy) is 1. The molecule has 0 bridgehead atoms. The summed E-state index contributed by atoms with van der Waals surface area (Å²) in [5.74, 6) is 0.616. The Labute approximate surface area is 102 Å². The van der Waals surface area contributed by atoms with E-state index in [4.69, 9.17) is 4.74 Å². The van der Waals surface area contributed by atoms with Gasteiger partial charge in [0.1, 0.15) is 17.7 Å². The summed E-state index contributed by atoms with van der Waals surface area (Å²) in [5.41, 5.74) is 0.833. The minimum atomic E-state index is -0.201. The van der Waals surface area contributed by atoms with Gasteiger partial charge in [-0.1, -0.05) is 20.8 Å². The lowest BCUT2D eigenvalue weighted by molar-refractivity contribution is 0.0375. The average Bonchev–Trinajstić information content (AvgIpc) is 2.16. The minimum absolute atomic E-state index is 0.104. The summed E-state index contributed by atoms with van der Waals surface area (Å²) in [6, 6.07) is 4.79. The van der Waals surface area contributed by atoms with E-state index in [9.17, 15) is 4.39 Å². The molecule has 0 radical (unpaired) electrons. The Morgan fingerprint density at radius 2 is 1.94 bits per heavy atom. The summed E-state index contributed by atoms with van der Waals surface area (Å²) in [6.07, 6.45) is 0.242. The van der Waals surface area contributed by atoms with E-state index in [1.165, 1.54) is 6.07 Å². The van der Waals surface area contributed by atoms with Gasteiger partial charge < -0.3 is 4.74 Å². The van der Waals surface area contributed by atoms with Crippen molar-refractivity contribution >= 4 is 0 Å². The Morgan fingerprint density at radius 3 is 2.47 bits per heavy atom. The second-order valence-electron chi connectivity index (χ2n) is 5.85. The molecule has 1 aromatic carbocycles. The van der Waals surface area contributed by atoms with Crippen LogP contribution in [0.1, 0.15) is 26.3 Å². The smallest absolute Gasteiger partial charge is 0.124 e. The summed E-state index contributed by atoms with van der Waals surface area (Å²) < 4.78 is 19.2. The van der Waals surface area contributed by atoms with Crippen molar-refractivity contribution in [3.63, 3.8) is 0 Å². The molecule has 1 aliphatic heterocycles. The van der Waals surface area contributed by atoms with Gasteiger partial charge in [-0.15, -0.1) is 0 Å². The minimum Gasteiger partial charge on any atom is -0.487 e. The van der Waals surface area contributed by atoms with Crippen molar-refractivity contribution in [3.05, 3.63) is 29.6 Å². The zero-order chi connectivity index (χ0) is 12.6. The zero-order valence-electron chi connectivity index (χ0n) is 11.0. The van der Waals surface area contributed by atoms with Gasteiger partial charge in [0.15, 0.2) is 0 Å². The largest absolute Gasteiger partial charge is 0.487 e. The summed E-state index contributed by atoms with van der Waals surface area (Å²) >= 11 is 0. The standard InChI is InChI=1S/C14H20FNO/c1-14(2,3)12-7-10(15)5-6-13(12)17-11-8-16(4)9-11/h5-7,11H,8-9H2,1-4H3. The van der Waals surface area contributed by atoms with Gasteiger partial charge in [-0.2, -0.15) is 0 Å². The summed E-state index contributed by atoms with van der Waals surface area (Å²) in [4.78, 5) is 2.20. The molecule has 3 heteroatoms. The van der Waals surface area contributed by atoms with Crippen LogP contribution >= 0.6 is 0 Å². The van der Waals surface area contributed by atoms with Crippen LogP contribution in [0.3, 0.4) is 0 Å². The second kappa shape index (κ2) is 4.30. The number of hydrogen-bond donors (Lipinski definition) is 0. The van der Waals surface area contributed by atoms with Gasteiger partial charge in [-0.05, 0) is 30.7 Å². The lowest BCUT2D eigenvalue weighted by Gasteiger charge is -2.37. The first-order chi connectivity index (χ1) is 7.86. The van der Waals surface area contributed by atoms with Gasteiger partial charge in [0, 0.05) is 18.7 Å². The van der Waals surface area contributed by atoms with Crippen molar-refractivity contribution in [2.75, 3.05) is 20.1 Å². The highest BCUT2D eigenvalue weighted by atomic mass is 19.1. The van der Waals surface area contributed by atoms with Crippen LogP contribution in [0.5, 0.6) is 5.75 Å². The molecule has 0 atom stereocenters. The first kappa shape index (κ1) is 12.4. The Bertz CT molecular complexity index is 405. The van der Waals surface area contributed by atoms with Gasteiger partial charge in [0.2, 0.25) is 0 Å². The van der Waals surface area contributed by atoms with Gasteiger partial charge in [-0.3, -0.25) is 4.90 Å². The van der Waals surface area contributed by atoms with Crippen molar-refractivity contribution in [1.29, 1.82) is 0 Å². The molecule has 0 spiro atoms. The van der Waals surface area contributed by atoms with Crippen LogP contribution in [0.15, 0.2) is 18.2 Å². The highest BCUT2D eigenvalue weighted by molar-refractivity contribution is 5.39. The number of rotatable bonds is 2. The molecule has 94 valence electrons. The highest BCUT2D eigenvalue weighted by Gasteiger charge is 2.27. The van der Waals surface area contributed by atoms with Crippen LogP contribution in [0.4, 0.5) is 4.39 Å². The van der Waals surface area contributed by atoms with Crippen molar-refractivity contribution in [2.24, 2.45) is 0 Å². The molecular formula is C14H20FNO.